The van der Waals surface area contributed by atoms with Gasteiger partial charge in [0.25, 0.3) is 0 Å². The maximum absolute atomic E-state index is 6.34. The first-order chi connectivity index (χ1) is 8.61. The number of rotatable bonds is 3. The minimum Gasteiger partial charge on any atom is -0.367 e. The molecule has 0 spiro atoms. The van der Waals surface area contributed by atoms with E-state index in [1.165, 1.54) is 24.1 Å². The van der Waals surface area contributed by atoms with Crippen LogP contribution in [0.5, 0.6) is 0 Å². The minimum atomic E-state index is 0.544. The Balaban J connectivity index is 2.12. The molecule has 1 aromatic carbocycles. The highest BCUT2D eigenvalue weighted by molar-refractivity contribution is 6.33. The standard InChI is InChI=1S/C15H23ClN2/c1-4-17-13-7-8-18(12(3)10-13)15-9-11(2)5-6-14(15)16/h5-6,9,12-13,17H,4,7-8,10H2,1-3H3. The molecule has 0 radical (unpaired) electrons. The fourth-order valence-electron chi connectivity index (χ4n) is 2.85. The molecule has 0 aliphatic carbocycles. The first kappa shape index (κ1) is 13.7. The molecular formula is C15H23ClN2. The number of aryl methyl sites for hydroxylation is 1. The molecule has 2 rings (SSSR count). The van der Waals surface area contributed by atoms with E-state index in [-0.39, 0.29) is 0 Å². The average molecular weight is 267 g/mol. The highest BCUT2D eigenvalue weighted by Gasteiger charge is 2.26. The van der Waals surface area contributed by atoms with Crippen molar-refractivity contribution in [3.05, 3.63) is 28.8 Å². The summed E-state index contributed by atoms with van der Waals surface area (Å²) in [7, 11) is 0. The topological polar surface area (TPSA) is 15.3 Å². The summed E-state index contributed by atoms with van der Waals surface area (Å²) in [5.41, 5.74) is 2.47. The van der Waals surface area contributed by atoms with Gasteiger partial charge >= 0.3 is 0 Å². The summed E-state index contributed by atoms with van der Waals surface area (Å²) in [6.07, 6.45) is 2.39. The van der Waals surface area contributed by atoms with Crippen LogP contribution >= 0.6 is 11.6 Å². The van der Waals surface area contributed by atoms with Crippen molar-refractivity contribution in [1.29, 1.82) is 0 Å². The maximum atomic E-state index is 6.34. The summed E-state index contributed by atoms with van der Waals surface area (Å²) in [5.74, 6) is 0. The van der Waals surface area contributed by atoms with Crippen molar-refractivity contribution in [2.75, 3.05) is 18.0 Å². The van der Waals surface area contributed by atoms with Gasteiger partial charge < -0.3 is 10.2 Å². The third kappa shape index (κ3) is 2.99. The Bertz CT molecular complexity index is 405. The molecule has 0 bridgehead atoms. The Hall–Kier alpha value is -0.730. The van der Waals surface area contributed by atoms with Gasteiger partial charge in [0, 0.05) is 18.6 Å². The second-order valence-electron chi connectivity index (χ2n) is 5.28. The molecule has 0 saturated carbocycles. The van der Waals surface area contributed by atoms with Crippen molar-refractivity contribution in [3.8, 4) is 0 Å². The van der Waals surface area contributed by atoms with Gasteiger partial charge in [-0.05, 0) is 50.9 Å². The van der Waals surface area contributed by atoms with E-state index >= 15 is 0 Å². The van der Waals surface area contributed by atoms with Crippen molar-refractivity contribution in [1.82, 2.24) is 5.32 Å². The number of nitrogens with zero attached hydrogens (tertiary/aromatic N) is 1. The van der Waals surface area contributed by atoms with Crippen LogP contribution in [0.1, 0.15) is 32.3 Å². The number of anilines is 1. The second kappa shape index (κ2) is 5.94. The minimum absolute atomic E-state index is 0.544. The fourth-order valence-corrected chi connectivity index (χ4v) is 3.07. The number of halogens is 1. The normalized spacial score (nSPS) is 24.3. The van der Waals surface area contributed by atoms with Gasteiger partial charge in [-0.1, -0.05) is 24.6 Å². The Labute approximate surface area is 115 Å². The molecule has 0 aromatic heterocycles. The molecule has 1 aliphatic rings. The van der Waals surface area contributed by atoms with Crippen molar-refractivity contribution in [2.45, 2.75) is 45.7 Å². The highest BCUT2D eigenvalue weighted by Crippen LogP contribution is 2.31. The monoisotopic (exact) mass is 266 g/mol. The van der Waals surface area contributed by atoms with E-state index in [1.807, 2.05) is 6.07 Å². The summed E-state index contributed by atoms with van der Waals surface area (Å²) in [5, 5.41) is 4.42. The Morgan fingerprint density at radius 1 is 1.44 bits per heavy atom. The zero-order valence-electron chi connectivity index (χ0n) is 11.5. The molecule has 1 fully saturated rings. The van der Waals surface area contributed by atoms with E-state index < -0.39 is 0 Å². The van der Waals surface area contributed by atoms with E-state index in [0.29, 0.717) is 12.1 Å². The zero-order valence-corrected chi connectivity index (χ0v) is 12.3. The molecule has 18 heavy (non-hydrogen) atoms. The number of benzene rings is 1. The van der Waals surface area contributed by atoms with Crippen LogP contribution < -0.4 is 10.2 Å². The molecule has 100 valence electrons. The first-order valence-electron chi connectivity index (χ1n) is 6.88. The van der Waals surface area contributed by atoms with Gasteiger partial charge in [0.2, 0.25) is 0 Å². The van der Waals surface area contributed by atoms with Crippen LogP contribution in [0.3, 0.4) is 0 Å². The fraction of sp³-hybridized carbons (Fsp3) is 0.600. The molecule has 0 amide bonds. The average Bonchev–Trinajstić information content (AvgIpc) is 2.33. The SMILES string of the molecule is CCNC1CCN(c2cc(C)ccc2Cl)C(C)C1. The van der Waals surface area contributed by atoms with E-state index in [1.54, 1.807) is 0 Å². The number of piperidine rings is 1. The summed E-state index contributed by atoms with van der Waals surface area (Å²) < 4.78 is 0. The van der Waals surface area contributed by atoms with Gasteiger partial charge in [-0.3, -0.25) is 0 Å². The first-order valence-corrected chi connectivity index (χ1v) is 7.25. The van der Waals surface area contributed by atoms with Crippen molar-refractivity contribution < 1.29 is 0 Å². The van der Waals surface area contributed by atoms with E-state index in [0.717, 1.165) is 18.1 Å². The van der Waals surface area contributed by atoms with Gasteiger partial charge in [0.1, 0.15) is 0 Å². The smallest absolute Gasteiger partial charge is 0.0639 e. The maximum Gasteiger partial charge on any atom is 0.0639 e. The van der Waals surface area contributed by atoms with E-state index in [4.69, 9.17) is 11.6 Å². The van der Waals surface area contributed by atoms with Gasteiger partial charge in [0.15, 0.2) is 0 Å². The Kier molecular flexibility index (Phi) is 4.52. The summed E-state index contributed by atoms with van der Waals surface area (Å²) in [6, 6.07) is 7.48. The van der Waals surface area contributed by atoms with Gasteiger partial charge in [-0.25, -0.2) is 0 Å². The molecule has 2 atom stereocenters. The van der Waals surface area contributed by atoms with Crippen LogP contribution in [-0.2, 0) is 0 Å². The second-order valence-corrected chi connectivity index (χ2v) is 5.68. The van der Waals surface area contributed by atoms with Gasteiger partial charge in [-0.15, -0.1) is 0 Å². The molecule has 2 unspecified atom stereocenters. The Morgan fingerprint density at radius 3 is 2.89 bits per heavy atom. The summed E-state index contributed by atoms with van der Waals surface area (Å²) in [4.78, 5) is 2.45. The third-order valence-electron chi connectivity index (χ3n) is 3.78. The van der Waals surface area contributed by atoms with Crippen LogP contribution in [0.15, 0.2) is 18.2 Å². The van der Waals surface area contributed by atoms with Crippen molar-refractivity contribution in [3.63, 3.8) is 0 Å². The van der Waals surface area contributed by atoms with Gasteiger partial charge in [0.05, 0.1) is 10.7 Å². The largest absolute Gasteiger partial charge is 0.367 e. The Morgan fingerprint density at radius 2 is 2.22 bits per heavy atom. The summed E-state index contributed by atoms with van der Waals surface area (Å²) in [6.45, 7) is 8.73. The van der Waals surface area contributed by atoms with Gasteiger partial charge in [-0.2, -0.15) is 0 Å². The highest BCUT2D eigenvalue weighted by atomic mass is 35.5. The van der Waals surface area contributed by atoms with E-state index in [2.05, 4.69) is 43.1 Å². The number of nitrogens with one attached hydrogen (secondary N) is 1. The quantitative estimate of drug-likeness (QED) is 0.899. The predicted octanol–water partition coefficient (Wildman–Crippen LogP) is 3.62. The lowest BCUT2D eigenvalue weighted by Gasteiger charge is -2.40. The third-order valence-corrected chi connectivity index (χ3v) is 4.10. The molecule has 2 nitrogen and oxygen atoms in total. The van der Waals surface area contributed by atoms with Crippen LogP contribution in [0, 0.1) is 6.92 Å². The number of hydrogen-bond donors (Lipinski definition) is 1. The molecule has 1 heterocycles. The van der Waals surface area contributed by atoms with Crippen LogP contribution in [0.2, 0.25) is 5.02 Å². The van der Waals surface area contributed by atoms with Crippen LogP contribution in [-0.4, -0.2) is 25.2 Å². The lowest BCUT2D eigenvalue weighted by Crippen LogP contribution is -2.47. The molecular weight excluding hydrogens is 244 g/mol. The molecule has 1 aliphatic heterocycles. The molecule has 3 heteroatoms. The van der Waals surface area contributed by atoms with Crippen molar-refractivity contribution >= 4 is 17.3 Å². The van der Waals surface area contributed by atoms with Crippen LogP contribution in [0.4, 0.5) is 5.69 Å². The number of hydrogen-bond acceptors (Lipinski definition) is 2. The van der Waals surface area contributed by atoms with E-state index in [9.17, 15) is 0 Å². The molecule has 1 N–H and O–H groups in total. The van der Waals surface area contributed by atoms with Crippen molar-refractivity contribution in [2.24, 2.45) is 0 Å². The molecule has 1 saturated heterocycles. The lowest BCUT2D eigenvalue weighted by molar-refractivity contribution is 0.374. The van der Waals surface area contributed by atoms with Crippen LogP contribution in [0.25, 0.3) is 0 Å². The predicted molar refractivity (Wildman–Crippen MR) is 79.7 cm³/mol. The lowest BCUT2D eigenvalue weighted by atomic mass is 9.97. The summed E-state index contributed by atoms with van der Waals surface area (Å²) >= 11 is 6.34. The zero-order chi connectivity index (χ0) is 13.1. The molecule has 1 aromatic rings.